The summed E-state index contributed by atoms with van der Waals surface area (Å²) in [6.07, 6.45) is 6.96. The van der Waals surface area contributed by atoms with E-state index in [1.165, 1.54) is 5.56 Å². The van der Waals surface area contributed by atoms with Gasteiger partial charge in [-0.2, -0.15) is 0 Å². The zero-order valence-electron chi connectivity index (χ0n) is 10.6. The number of nitrogens with zero attached hydrogens (tertiary/aromatic N) is 1. The molecular formula is C14H22N2O. The summed E-state index contributed by atoms with van der Waals surface area (Å²) in [6.45, 7) is 2.81. The van der Waals surface area contributed by atoms with E-state index in [9.17, 15) is 4.79 Å². The Morgan fingerprint density at radius 1 is 1.29 bits per heavy atom. The van der Waals surface area contributed by atoms with Crippen molar-refractivity contribution < 1.29 is 4.79 Å². The number of carbonyl (C=O) groups is 1. The van der Waals surface area contributed by atoms with Crippen LogP contribution in [0.2, 0.25) is 0 Å². The Bertz CT molecular complexity index is 333. The highest BCUT2D eigenvalue weighted by atomic mass is 16.1. The number of aromatic nitrogens is 1. The van der Waals surface area contributed by atoms with E-state index in [1.54, 1.807) is 0 Å². The van der Waals surface area contributed by atoms with E-state index < -0.39 is 0 Å². The highest BCUT2D eigenvalue weighted by Crippen LogP contribution is 2.06. The van der Waals surface area contributed by atoms with E-state index in [2.05, 4.69) is 11.9 Å². The first-order valence-electron chi connectivity index (χ1n) is 6.41. The zero-order valence-corrected chi connectivity index (χ0v) is 10.6. The van der Waals surface area contributed by atoms with Gasteiger partial charge in [0.15, 0.2) is 0 Å². The van der Waals surface area contributed by atoms with Crippen LogP contribution in [0.5, 0.6) is 0 Å². The molecule has 0 amide bonds. The van der Waals surface area contributed by atoms with Gasteiger partial charge in [0.25, 0.3) is 0 Å². The second-order valence-electron chi connectivity index (χ2n) is 4.33. The number of Topliss-reactive ketones (excluding diaryl/α,β-unsaturated/α-hetero) is 1. The maximum Gasteiger partial charge on any atom is 0.138 e. The lowest BCUT2D eigenvalue weighted by Crippen LogP contribution is -2.05. The number of nitrogens with two attached hydrogens (primary N) is 1. The van der Waals surface area contributed by atoms with Crippen LogP contribution in [-0.2, 0) is 17.6 Å². The quantitative estimate of drug-likeness (QED) is 0.702. The van der Waals surface area contributed by atoms with Gasteiger partial charge in [-0.05, 0) is 37.4 Å². The third-order valence-electron chi connectivity index (χ3n) is 2.83. The van der Waals surface area contributed by atoms with Gasteiger partial charge in [-0.3, -0.25) is 9.78 Å². The van der Waals surface area contributed by atoms with Crippen LogP contribution in [0.1, 0.15) is 43.9 Å². The number of unbranched alkanes of at least 4 members (excludes halogenated alkanes) is 2. The first-order chi connectivity index (χ1) is 8.26. The van der Waals surface area contributed by atoms with Gasteiger partial charge in [-0.25, -0.2) is 0 Å². The molecule has 0 unspecified atom stereocenters. The molecule has 0 atom stereocenters. The summed E-state index contributed by atoms with van der Waals surface area (Å²) in [4.78, 5) is 16.0. The summed E-state index contributed by atoms with van der Waals surface area (Å²) < 4.78 is 0. The fraction of sp³-hybridized carbons (Fsp3) is 0.571. The lowest BCUT2D eigenvalue weighted by Gasteiger charge is -2.02. The normalized spacial score (nSPS) is 10.5. The second kappa shape index (κ2) is 7.96. The van der Waals surface area contributed by atoms with Gasteiger partial charge >= 0.3 is 0 Å². The summed E-state index contributed by atoms with van der Waals surface area (Å²) in [5.74, 6) is 0.277. The molecule has 0 aliphatic heterocycles. The summed E-state index contributed by atoms with van der Waals surface area (Å²) in [5.41, 5.74) is 7.49. The van der Waals surface area contributed by atoms with Crippen molar-refractivity contribution in [1.82, 2.24) is 4.98 Å². The lowest BCUT2D eigenvalue weighted by molar-refractivity contribution is -0.118. The predicted molar refractivity (Wildman–Crippen MR) is 69.8 cm³/mol. The van der Waals surface area contributed by atoms with Gasteiger partial charge in [0, 0.05) is 24.7 Å². The average Bonchev–Trinajstić information content (AvgIpc) is 2.36. The zero-order chi connectivity index (χ0) is 12.5. The van der Waals surface area contributed by atoms with Gasteiger partial charge in [-0.15, -0.1) is 0 Å². The minimum absolute atomic E-state index is 0.277. The van der Waals surface area contributed by atoms with Crippen molar-refractivity contribution in [3.05, 3.63) is 29.6 Å². The molecule has 3 heteroatoms. The van der Waals surface area contributed by atoms with E-state index in [1.807, 2.05) is 18.3 Å². The van der Waals surface area contributed by atoms with Crippen LogP contribution >= 0.6 is 0 Å². The standard InChI is InChI=1S/C14H22N2O/c1-2-12-7-8-13(16-11-12)10-14(17)6-4-3-5-9-15/h7-8,11H,2-6,9-10,15H2,1H3. The van der Waals surface area contributed by atoms with E-state index >= 15 is 0 Å². The molecule has 0 aliphatic rings. The minimum Gasteiger partial charge on any atom is -0.330 e. The monoisotopic (exact) mass is 234 g/mol. The predicted octanol–water partition coefficient (Wildman–Crippen LogP) is 2.27. The molecule has 0 radical (unpaired) electrons. The highest BCUT2D eigenvalue weighted by Gasteiger charge is 2.04. The van der Waals surface area contributed by atoms with Gasteiger partial charge in [0.05, 0.1) is 0 Å². The summed E-state index contributed by atoms with van der Waals surface area (Å²) in [7, 11) is 0. The Morgan fingerprint density at radius 3 is 2.71 bits per heavy atom. The fourth-order valence-corrected chi connectivity index (χ4v) is 1.70. The Balaban J connectivity index is 2.29. The Kier molecular flexibility index (Phi) is 6.48. The third-order valence-corrected chi connectivity index (χ3v) is 2.83. The fourth-order valence-electron chi connectivity index (χ4n) is 1.70. The summed E-state index contributed by atoms with van der Waals surface area (Å²) in [5, 5.41) is 0. The third kappa shape index (κ3) is 5.59. The number of ketones is 1. The van der Waals surface area contributed by atoms with Crippen LogP contribution in [0.4, 0.5) is 0 Å². The van der Waals surface area contributed by atoms with Crippen molar-refractivity contribution in [2.24, 2.45) is 5.73 Å². The van der Waals surface area contributed by atoms with E-state index in [4.69, 9.17) is 5.73 Å². The largest absolute Gasteiger partial charge is 0.330 e. The molecule has 0 saturated carbocycles. The average molecular weight is 234 g/mol. The highest BCUT2D eigenvalue weighted by molar-refractivity contribution is 5.80. The molecule has 3 nitrogen and oxygen atoms in total. The van der Waals surface area contributed by atoms with Crippen molar-refractivity contribution in [2.45, 2.75) is 45.4 Å². The number of aryl methyl sites for hydroxylation is 1. The van der Waals surface area contributed by atoms with Crippen LogP contribution < -0.4 is 5.73 Å². The Labute approximate surface area is 103 Å². The Hall–Kier alpha value is -1.22. The Morgan fingerprint density at radius 2 is 2.12 bits per heavy atom. The van der Waals surface area contributed by atoms with Crippen molar-refractivity contribution in [3.63, 3.8) is 0 Å². The van der Waals surface area contributed by atoms with E-state index in [0.717, 1.165) is 31.4 Å². The molecule has 0 aromatic carbocycles. The molecule has 17 heavy (non-hydrogen) atoms. The van der Waals surface area contributed by atoms with Crippen molar-refractivity contribution in [2.75, 3.05) is 6.54 Å². The number of carbonyl (C=O) groups excluding carboxylic acids is 1. The molecule has 1 aromatic rings. The molecule has 1 aromatic heterocycles. The van der Waals surface area contributed by atoms with Gasteiger partial charge in [0.2, 0.25) is 0 Å². The number of rotatable bonds is 8. The van der Waals surface area contributed by atoms with Crippen LogP contribution in [-0.4, -0.2) is 17.3 Å². The SMILES string of the molecule is CCc1ccc(CC(=O)CCCCCN)nc1. The van der Waals surface area contributed by atoms with Gasteiger partial charge < -0.3 is 5.73 Å². The minimum atomic E-state index is 0.277. The smallest absolute Gasteiger partial charge is 0.138 e. The van der Waals surface area contributed by atoms with Crippen LogP contribution in [0.25, 0.3) is 0 Å². The van der Waals surface area contributed by atoms with Crippen molar-refractivity contribution in [3.8, 4) is 0 Å². The van der Waals surface area contributed by atoms with Crippen LogP contribution in [0.3, 0.4) is 0 Å². The lowest BCUT2D eigenvalue weighted by atomic mass is 10.1. The first-order valence-corrected chi connectivity index (χ1v) is 6.41. The molecule has 1 rings (SSSR count). The number of pyridine rings is 1. The topological polar surface area (TPSA) is 56.0 Å². The molecule has 0 saturated heterocycles. The molecule has 0 bridgehead atoms. The maximum atomic E-state index is 11.7. The molecule has 0 spiro atoms. The van der Waals surface area contributed by atoms with Crippen LogP contribution in [0, 0.1) is 0 Å². The maximum absolute atomic E-state index is 11.7. The molecular weight excluding hydrogens is 212 g/mol. The second-order valence-corrected chi connectivity index (χ2v) is 4.33. The van der Waals surface area contributed by atoms with E-state index in [-0.39, 0.29) is 5.78 Å². The number of hydrogen-bond donors (Lipinski definition) is 1. The van der Waals surface area contributed by atoms with Crippen molar-refractivity contribution in [1.29, 1.82) is 0 Å². The van der Waals surface area contributed by atoms with Crippen LogP contribution in [0.15, 0.2) is 18.3 Å². The molecule has 94 valence electrons. The molecule has 1 heterocycles. The number of hydrogen-bond acceptors (Lipinski definition) is 3. The summed E-state index contributed by atoms with van der Waals surface area (Å²) in [6, 6.07) is 4.00. The van der Waals surface area contributed by atoms with Gasteiger partial charge in [-0.1, -0.05) is 19.4 Å². The first kappa shape index (κ1) is 13.8. The van der Waals surface area contributed by atoms with Crippen molar-refractivity contribution >= 4 is 5.78 Å². The summed E-state index contributed by atoms with van der Waals surface area (Å²) >= 11 is 0. The molecule has 2 N–H and O–H groups in total. The molecule has 0 fully saturated rings. The molecule has 0 aliphatic carbocycles. The van der Waals surface area contributed by atoms with E-state index in [0.29, 0.717) is 19.4 Å². The van der Waals surface area contributed by atoms with Gasteiger partial charge in [0.1, 0.15) is 5.78 Å².